The van der Waals surface area contributed by atoms with Crippen LogP contribution in [0.5, 0.6) is 5.75 Å². The van der Waals surface area contributed by atoms with Crippen LogP contribution in [0.25, 0.3) is 0 Å². The zero-order valence-electron chi connectivity index (χ0n) is 29.5. The van der Waals surface area contributed by atoms with E-state index in [1.54, 1.807) is 34.1 Å². The molecular weight excluding hydrogens is 626 g/mol. The van der Waals surface area contributed by atoms with Crippen LogP contribution in [0.4, 0.5) is 9.59 Å². The molecule has 2 aliphatic heterocycles. The molecule has 4 amide bonds. The molecule has 49 heavy (non-hydrogen) atoms. The fourth-order valence-corrected chi connectivity index (χ4v) is 5.00. The van der Waals surface area contributed by atoms with Crippen LogP contribution in [0, 0.1) is 17.8 Å². The number of ether oxygens (including phenoxy) is 2. The minimum Gasteiger partial charge on any atom is -0.444 e. The Hall–Kier alpha value is -4.60. The quantitative estimate of drug-likeness (QED) is 0.266. The van der Waals surface area contributed by atoms with Gasteiger partial charge in [0.2, 0.25) is 12.3 Å². The molecule has 0 radical (unpaired) electrons. The molecule has 1 atom stereocenters. The number of aliphatic hydroxyl groups is 1. The van der Waals surface area contributed by atoms with Crippen LogP contribution in [-0.2, 0) is 20.9 Å². The lowest BCUT2D eigenvalue weighted by molar-refractivity contribution is -0.132. The van der Waals surface area contributed by atoms with Crippen LogP contribution >= 0.6 is 0 Å². The maximum atomic E-state index is 12.4. The number of nitrogens with one attached hydrogen (secondary N) is 1. The second kappa shape index (κ2) is 20.0. The van der Waals surface area contributed by atoms with Gasteiger partial charge in [0.1, 0.15) is 11.4 Å². The van der Waals surface area contributed by atoms with Gasteiger partial charge in [-0.05, 0) is 75.4 Å². The number of β-amino-alcohol motifs (C(OH)–C–C–N with tert-alkyl or cyclic N) is 1. The number of piperazine rings is 1. The van der Waals surface area contributed by atoms with Gasteiger partial charge in [0.25, 0.3) is 0 Å². The van der Waals surface area contributed by atoms with E-state index < -0.39 is 11.7 Å². The monoisotopic (exact) mass is 679 g/mol. The number of likely N-dealkylation sites (tertiary alicyclic amines) is 1. The van der Waals surface area contributed by atoms with Gasteiger partial charge in [-0.3, -0.25) is 14.5 Å². The second-order valence-corrected chi connectivity index (χ2v) is 13.8. The van der Waals surface area contributed by atoms with E-state index in [0.29, 0.717) is 57.7 Å². The molecule has 2 aromatic rings. The molecule has 0 spiro atoms. The van der Waals surface area contributed by atoms with E-state index in [9.17, 15) is 24.3 Å². The Bertz CT molecular complexity index is 1360. The first kappa shape index (κ1) is 40.6. The third kappa shape index (κ3) is 16.9. The number of carbonyl (C=O) groups is 4. The third-order valence-electron chi connectivity index (χ3n) is 7.75. The number of rotatable bonds is 9. The number of amides is 4. The summed E-state index contributed by atoms with van der Waals surface area (Å²) < 4.78 is 9.99. The first-order valence-corrected chi connectivity index (χ1v) is 16.5. The summed E-state index contributed by atoms with van der Waals surface area (Å²) in [5.41, 5.74) is 6.12. The van der Waals surface area contributed by atoms with E-state index in [-0.39, 0.29) is 23.5 Å². The second-order valence-electron chi connectivity index (χ2n) is 13.8. The minimum atomic E-state index is -0.786. The summed E-state index contributed by atoms with van der Waals surface area (Å²) in [7, 11) is 0. The lowest BCUT2D eigenvalue weighted by Gasteiger charge is -2.37. The molecule has 4 rings (SSSR count). The summed E-state index contributed by atoms with van der Waals surface area (Å²) in [5.74, 6) is 3.13. The number of hydrogen-bond donors (Lipinski definition) is 3. The Morgan fingerprint density at radius 2 is 1.61 bits per heavy atom. The summed E-state index contributed by atoms with van der Waals surface area (Å²) in [6, 6.07) is 16.2. The fraction of sp³-hybridized carbons (Fsp3) is 0.514. The minimum absolute atomic E-state index is 0.0765. The van der Waals surface area contributed by atoms with Gasteiger partial charge >= 0.3 is 12.2 Å². The lowest BCUT2D eigenvalue weighted by atomic mass is 9.85. The SMILES string of the molecule is C#Cc1ccc(CNC=O)cc1.CC(C)(CCN1CCN(C(=O)OC(C)(C)C)CC1)CC(=O)N1CCC(O)C1.NC(=O)Oc1ccccc1. The van der Waals surface area contributed by atoms with Crippen molar-refractivity contribution in [1.29, 1.82) is 0 Å². The van der Waals surface area contributed by atoms with Crippen LogP contribution in [0.1, 0.15) is 65.0 Å². The molecule has 4 N–H and O–H groups in total. The van der Waals surface area contributed by atoms with Gasteiger partial charge in [-0.1, -0.05) is 50.1 Å². The first-order valence-electron chi connectivity index (χ1n) is 16.5. The standard InChI is InChI=1S/C20H37N3O4.C10H9NO.C7H7NO2/c1-19(2,3)27-18(26)22-12-10-21(11-13-22)9-7-20(4,5)14-17(25)23-8-6-16(24)15-23;1-2-9-3-5-10(6-4-9)7-11-8-12;8-7(9)10-6-4-2-1-3-5-6/h16,24H,6-15H2,1-5H3;1,3-6,8H,7H2,(H,11,12);1-5H,(H2,8,9). The zero-order valence-corrected chi connectivity index (χ0v) is 29.5. The highest BCUT2D eigenvalue weighted by Crippen LogP contribution is 2.28. The molecule has 12 nitrogen and oxygen atoms in total. The van der Waals surface area contributed by atoms with Crippen molar-refractivity contribution in [1.82, 2.24) is 20.0 Å². The van der Waals surface area contributed by atoms with Crippen molar-refractivity contribution in [3.63, 3.8) is 0 Å². The van der Waals surface area contributed by atoms with E-state index in [1.165, 1.54) is 0 Å². The molecule has 2 fully saturated rings. The summed E-state index contributed by atoms with van der Waals surface area (Å²) >= 11 is 0. The Balaban J connectivity index is 0.000000309. The number of para-hydroxylation sites is 1. The Morgan fingerprint density at radius 3 is 2.12 bits per heavy atom. The van der Waals surface area contributed by atoms with E-state index in [0.717, 1.165) is 37.2 Å². The van der Waals surface area contributed by atoms with Crippen LogP contribution in [0.2, 0.25) is 0 Å². The number of nitrogens with two attached hydrogens (primary N) is 1. The highest BCUT2D eigenvalue weighted by Gasteiger charge is 2.31. The molecule has 2 saturated heterocycles. The number of carbonyl (C=O) groups excluding carboxylic acids is 4. The number of primary amides is 1. The van der Waals surface area contributed by atoms with Gasteiger partial charge < -0.3 is 35.4 Å². The van der Waals surface area contributed by atoms with Crippen LogP contribution in [-0.4, -0.2) is 102 Å². The van der Waals surface area contributed by atoms with Gasteiger partial charge in [0, 0.05) is 57.8 Å². The molecule has 2 aliphatic rings. The molecular formula is C37H53N5O7. The molecule has 2 aromatic carbocycles. The lowest BCUT2D eigenvalue weighted by Crippen LogP contribution is -2.50. The van der Waals surface area contributed by atoms with Crippen molar-refractivity contribution in [3.8, 4) is 18.1 Å². The number of hydrogen-bond acceptors (Lipinski definition) is 8. The summed E-state index contributed by atoms with van der Waals surface area (Å²) in [4.78, 5) is 50.6. The molecule has 0 saturated carbocycles. The Morgan fingerprint density at radius 1 is 0.980 bits per heavy atom. The number of aliphatic hydroxyl groups excluding tert-OH is 1. The molecule has 12 heteroatoms. The van der Waals surface area contributed by atoms with E-state index in [1.807, 2.05) is 51.1 Å². The fourth-order valence-electron chi connectivity index (χ4n) is 5.00. The summed E-state index contributed by atoms with van der Waals surface area (Å²) in [6.07, 6.45) is 6.60. The van der Waals surface area contributed by atoms with Gasteiger partial charge in [-0.15, -0.1) is 6.42 Å². The van der Waals surface area contributed by atoms with Crippen molar-refractivity contribution in [3.05, 3.63) is 65.7 Å². The third-order valence-corrected chi connectivity index (χ3v) is 7.75. The van der Waals surface area contributed by atoms with Crippen molar-refractivity contribution in [2.75, 3.05) is 45.8 Å². The van der Waals surface area contributed by atoms with Crippen LogP contribution in [0.15, 0.2) is 54.6 Å². The maximum absolute atomic E-state index is 12.4. The average molecular weight is 680 g/mol. The van der Waals surface area contributed by atoms with Gasteiger partial charge in [-0.2, -0.15) is 0 Å². The Kier molecular flexibility index (Phi) is 16.6. The molecule has 1 unspecified atom stereocenters. The first-order chi connectivity index (χ1) is 23.1. The normalized spacial score (nSPS) is 16.1. The Labute approximate surface area is 290 Å². The summed E-state index contributed by atoms with van der Waals surface area (Å²) in [5, 5.41) is 12.2. The zero-order chi connectivity index (χ0) is 36.5. The van der Waals surface area contributed by atoms with Crippen molar-refractivity contribution < 1.29 is 33.8 Å². The predicted molar refractivity (Wildman–Crippen MR) is 188 cm³/mol. The highest BCUT2D eigenvalue weighted by molar-refractivity contribution is 5.77. The smallest absolute Gasteiger partial charge is 0.410 e. The van der Waals surface area contributed by atoms with Crippen molar-refractivity contribution in [2.24, 2.45) is 11.1 Å². The van der Waals surface area contributed by atoms with Gasteiger partial charge in [0.15, 0.2) is 0 Å². The van der Waals surface area contributed by atoms with Crippen molar-refractivity contribution in [2.45, 2.75) is 72.1 Å². The highest BCUT2D eigenvalue weighted by atomic mass is 16.6. The largest absolute Gasteiger partial charge is 0.444 e. The number of terminal acetylenes is 1. The average Bonchev–Trinajstić information content (AvgIpc) is 3.49. The molecule has 0 aromatic heterocycles. The number of benzene rings is 2. The maximum Gasteiger partial charge on any atom is 0.410 e. The van der Waals surface area contributed by atoms with Crippen LogP contribution < -0.4 is 15.8 Å². The summed E-state index contributed by atoms with van der Waals surface area (Å²) in [6.45, 7) is 15.6. The molecule has 0 aliphatic carbocycles. The van der Waals surface area contributed by atoms with E-state index in [4.69, 9.17) is 16.9 Å². The van der Waals surface area contributed by atoms with E-state index in [2.05, 4.69) is 34.7 Å². The molecule has 0 bridgehead atoms. The van der Waals surface area contributed by atoms with Gasteiger partial charge in [0.05, 0.1) is 6.10 Å². The van der Waals surface area contributed by atoms with Crippen molar-refractivity contribution >= 4 is 24.5 Å². The van der Waals surface area contributed by atoms with Gasteiger partial charge in [-0.25, -0.2) is 9.59 Å². The predicted octanol–water partition coefficient (Wildman–Crippen LogP) is 4.00. The van der Waals surface area contributed by atoms with E-state index >= 15 is 0 Å². The number of nitrogens with zero attached hydrogens (tertiary/aromatic N) is 3. The molecule has 268 valence electrons. The van der Waals surface area contributed by atoms with Crippen LogP contribution in [0.3, 0.4) is 0 Å². The topological polar surface area (TPSA) is 155 Å². The molecule has 2 heterocycles.